The number of amides is 3. The minimum absolute atomic E-state index is 0.0448. The maximum Gasteiger partial charge on any atom is 0.410 e. The molecule has 0 aliphatic carbocycles. The van der Waals surface area contributed by atoms with Gasteiger partial charge in [-0.25, -0.2) is 14.4 Å². The summed E-state index contributed by atoms with van der Waals surface area (Å²) in [4.78, 5) is 80.2. The Balaban J connectivity index is 1.37. The Hall–Kier alpha value is -5.03. The normalized spacial score (nSPS) is 24.2. The summed E-state index contributed by atoms with van der Waals surface area (Å²) in [6.07, 6.45) is 0.544. The van der Waals surface area contributed by atoms with Crippen molar-refractivity contribution in [3.05, 3.63) is 74.6 Å². The molecule has 0 bridgehead atoms. The van der Waals surface area contributed by atoms with Gasteiger partial charge in [0.2, 0.25) is 11.8 Å². The van der Waals surface area contributed by atoms with Crippen molar-refractivity contribution in [1.29, 1.82) is 0 Å². The first-order chi connectivity index (χ1) is 21.8. The number of aliphatic hydroxyl groups is 1. The zero-order chi connectivity index (χ0) is 33.4. The minimum Gasteiger partial charge on any atom is -0.478 e. The van der Waals surface area contributed by atoms with Crippen LogP contribution in [0.25, 0.3) is 0 Å². The lowest BCUT2D eigenvalue weighted by Crippen LogP contribution is -2.63. The van der Waals surface area contributed by atoms with E-state index in [1.54, 1.807) is 6.92 Å². The Morgan fingerprint density at radius 1 is 1.17 bits per heavy atom. The van der Waals surface area contributed by atoms with E-state index in [0.717, 1.165) is 18.0 Å². The van der Waals surface area contributed by atoms with E-state index in [2.05, 4.69) is 10.3 Å². The average Bonchev–Trinajstić information content (AvgIpc) is 3.53. The van der Waals surface area contributed by atoms with E-state index >= 15 is 0 Å². The molecule has 1 aromatic carbocycles. The van der Waals surface area contributed by atoms with Crippen molar-refractivity contribution in [2.75, 3.05) is 11.9 Å². The second-order valence-corrected chi connectivity index (χ2v) is 12.5. The van der Waals surface area contributed by atoms with Crippen LogP contribution >= 0.6 is 11.8 Å². The van der Waals surface area contributed by atoms with Crippen LogP contribution < -0.4 is 5.32 Å². The van der Waals surface area contributed by atoms with Gasteiger partial charge in [0.15, 0.2) is 0 Å². The molecule has 2 saturated heterocycles. The van der Waals surface area contributed by atoms with Crippen molar-refractivity contribution < 1.29 is 49.0 Å². The van der Waals surface area contributed by atoms with E-state index in [0.29, 0.717) is 10.5 Å². The van der Waals surface area contributed by atoms with Crippen molar-refractivity contribution in [2.45, 2.75) is 50.3 Å². The Labute approximate surface area is 265 Å². The standard InChI is InChI=1S/C29H29N5O11S/c1-13-22-21(14(2)35)26(37)33(22)23(28(40)41)24(13)46-19-8-20(25(36)31-17-7-16(27(38)39)9-30-10-17)32(11-19)29(42)45-12-15-3-5-18(6-4-15)34(43)44/h3-7,9-10,13-14,19-22,35H,8,11-12H2,1-2H3,(H,31,36)(H,38,39)(H,40,41)/t13?,14?,19?,20?,21?,22-/m1/s1. The summed E-state index contributed by atoms with van der Waals surface area (Å²) in [5.41, 5.74) is 0.0263. The zero-order valence-electron chi connectivity index (χ0n) is 24.4. The SMILES string of the molecule is CC(O)C1C(=O)N2C(C(=O)O)=C(SC3CC(C(=O)Nc4cncc(C(=O)O)c4)N(C(=O)OCc4ccc([N+](=O)[O-])cc4)C3)C(C)[C@H]12. The molecule has 16 nitrogen and oxygen atoms in total. The first-order valence-electron chi connectivity index (χ1n) is 14.1. The number of pyridine rings is 1. The van der Waals surface area contributed by atoms with E-state index in [9.17, 15) is 49.4 Å². The fourth-order valence-corrected chi connectivity index (χ4v) is 7.51. The number of aliphatic hydroxyl groups excluding tert-OH is 1. The number of nitrogens with one attached hydrogen (secondary N) is 1. The summed E-state index contributed by atoms with van der Waals surface area (Å²) < 4.78 is 5.44. The molecule has 2 fully saturated rings. The second kappa shape index (κ2) is 12.8. The number of nitro benzene ring substituents is 1. The lowest BCUT2D eigenvalue weighted by atomic mass is 9.79. The van der Waals surface area contributed by atoms with Crippen LogP contribution in [-0.2, 0) is 25.7 Å². The summed E-state index contributed by atoms with van der Waals surface area (Å²) in [6.45, 7) is 2.93. The number of nitro groups is 1. The Morgan fingerprint density at radius 2 is 1.87 bits per heavy atom. The quantitative estimate of drug-likeness (QED) is 0.164. The molecule has 3 amide bonds. The van der Waals surface area contributed by atoms with Gasteiger partial charge in [0, 0.05) is 40.9 Å². The Bertz CT molecular complexity index is 1650. The van der Waals surface area contributed by atoms with Crippen LogP contribution in [0, 0.1) is 22.0 Å². The Kier molecular flexibility index (Phi) is 8.98. The number of β-lactam (4-membered cyclic amide) rings is 1. The summed E-state index contributed by atoms with van der Waals surface area (Å²) in [7, 11) is 0. The Morgan fingerprint density at radius 3 is 2.48 bits per heavy atom. The average molecular weight is 656 g/mol. The van der Waals surface area contributed by atoms with Gasteiger partial charge in [0.1, 0.15) is 18.3 Å². The molecule has 5 rings (SSSR count). The fourth-order valence-electron chi connectivity index (χ4n) is 5.98. The molecule has 0 saturated carbocycles. The molecule has 0 radical (unpaired) electrons. The molecule has 4 N–H and O–H groups in total. The minimum atomic E-state index is -1.31. The van der Waals surface area contributed by atoms with E-state index in [1.165, 1.54) is 53.3 Å². The van der Waals surface area contributed by atoms with Crippen molar-refractivity contribution in [3.63, 3.8) is 0 Å². The topological polar surface area (TPSA) is 230 Å². The highest BCUT2D eigenvalue weighted by atomic mass is 32.2. The molecule has 2 aromatic rings. The molecule has 242 valence electrons. The van der Waals surface area contributed by atoms with Gasteiger partial charge < -0.3 is 30.3 Å². The fraction of sp³-hybridized carbons (Fsp3) is 0.379. The maximum atomic E-state index is 13.5. The van der Waals surface area contributed by atoms with Gasteiger partial charge in [0.25, 0.3) is 5.69 Å². The van der Waals surface area contributed by atoms with Crippen LogP contribution in [0.15, 0.2) is 53.3 Å². The summed E-state index contributed by atoms with van der Waals surface area (Å²) in [6, 6.07) is 4.90. The van der Waals surface area contributed by atoms with Crippen LogP contribution in [0.5, 0.6) is 0 Å². The molecular weight excluding hydrogens is 626 g/mol. The first-order valence-corrected chi connectivity index (χ1v) is 15.0. The third-order valence-corrected chi connectivity index (χ3v) is 9.66. The van der Waals surface area contributed by atoms with Crippen LogP contribution in [0.3, 0.4) is 0 Å². The second-order valence-electron chi connectivity index (χ2n) is 11.2. The van der Waals surface area contributed by atoms with Crippen LogP contribution in [0.4, 0.5) is 16.2 Å². The van der Waals surface area contributed by atoms with Crippen molar-refractivity contribution in [1.82, 2.24) is 14.8 Å². The molecule has 4 heterocycles. The molecular formula is C29H29N5O11S. The van der Waals surface area contributed by atoms with Crippen molar-refractivity contribution in [2.24, 2.45) is 11.8 Å². The molecule has 5 unspecified atom stereocenters. The lowest BCUT2D eigenvalue weighted by molar-refractivity contribution is -0.384. The predicted octanol–water partition coefficient (Wildman–Crippen LogP) is 2.29. The number of ether oxygens (including phenoxy) is 1. The number of aromatic nitrogens is 1. The van der Waals surface area contributed by atoms with Gasteiger partial charge in [-0.15, -0.1) is 11.8 Å². The number of hydrogen-bond donors (Lipinski definition) is 4. The summed E-state index contributed by atoms with van der Waals surface area (Å²) in [5.74, 6) is -4.92. The number of benzene rings is 1. The molecule has 1 aromatic heterocycles. The maximum absolute atomic E-state index is 13.5. The number of thioether (sulfide) groups is 1. The molecule has 0 spiro atoms. The lowest BCUT2D eigenvalue weighted by Gasteiger charge is -2.46. The molecule has 3 aliphatic heterocycles. The van der Waals surface area contributed by atoms with Gasteiger partial charge in [-0.1, -0.05) is 6.92 Å². The van der Waals surface area contributed by atoms with E-state index in [1.807, 2.05) is 0 Å². The number of carboxylic acid groups (broad SMARTS) is 2. The highest BCUT2D eigenvalue weighted by Crippen LogP contribution is 2.52. The van der Waals surface area contributed by atoms with Gasteiger partial charge in [-0.05, 0) is 37.1 Å². The van der Waals surface area contributed by atoms with Crippen LogP contribution in [0.2, 0.25) is 0 Å². The van der Waals surface area contributed by atoms with Gasteiger partial charge in [0.05, 0.1) is 40.4 Å². The third kappa shape index (κ3) is 6.10. The molecule has 3 aliphatic rings. The van der Waals surface area contributed by atoms with Crippen LogP contribution in [-0.4, -0.2) is 94.9 Å². The van der Waals surface area contributed by atoms with Crippen molar-refractivity contribution in [3.8, 4) is 0 Å². The monoisotopic (exact) mass is 655 g/mol. The highest BCUT2D eigenvalue weighted by molar-refractivity contribution is 8.03. The number of non-ortho nitro benzene ring substituents is 1. The van der Waals surface area contributed by atoms with Gasteiger partial charge in [-0.2, -0.15) is 0 Å². The molecule has 46 heavy (non-hydrogen) atoms. The van der Waals surface area contributed by atoms with E-state index in [4.69, 9.17) is 4.74 Å². The number of rotatable bonds is 10. The van der Waals surface area contributed by atoms with Crippen LogP contribution in [0.1, 0.15) is 36.2 Å². The van der Waals surface area contributed by atoms with Gasteiger partial charge >= 0.3 is 18.0 Å². The number of aliphatic carboxylic acids is 1. The first kappa shape index (κ1) is 32.4. The number of anilines is 1. The highest BCUT2D eigenvalue weighted by Gasteiger charge is 2.60. The number of aromatic carboxylic acids is 1. The summed E-state index contributed by atoms with van der Waals surface area (Å²) >= 11 is 1.14. The van der Waals surface area contributed by atoms with Gasteiger partial charge in [-0.3, -0.25) is 29.6 Å². The number of hydrogen-bond acceptors (Lipinski definition) is 11. The van der Waals surface area contributed by atoms with E-state index in [-0.39, 0.29) is 42.2 Å². The molecule has 6 atom stereocenters. The number of fused-ring (bicyclic) bond motifs is 1. The summed E-state index contributed by atoms with van der Waals surface area (Å²) in [5, 5.41) is 42.4. The predicted molar refractivity (Wildman–Crippen MR) is 159 cm³/mol. The number of carboxylic acids is 2. The van der Waals surface area contributed by atoms with Crippen molar-refractivity contribution >= 4 is 53.0 Å². The largest absolute Gasteiger partial charge is 0.478 e. The molecule has 17 heteroatoms. The third-order valence-electron chi connectivity index (χ3n) is 8.17. The number of carbonyl (C=O) groups is 5. The number of carbonyl (C=O) groups excluding carboxylic acids is 3. The zero-order valence-corrected chi connectivity index (χ0v) is 25.2. The van der Waals surface area contributed by atoms with E-state index < -0.39 is 70.0 Å². The number of nitrogens with zero attached hydrogens (tertiary/aromatic N) is 4. The smallest absolute Gasteiger partial charge is 0.410 e. The number of likely N-dealkylation sites (tertiary alicyclic amines) is 1.